The zero-order valence-corrected chi connectivity index (χ0v) is 18.8. The molecule has 2 N–H and O–H groups in total. The highest BCUT2D eigenvalue weighted by molar-refractivity contribution is 7.81. The summed E-state index contributed by atoms with van der Waals surface area (Å²) in [5, 5.41) is 0. The summed E-state index contributed by atoms with van der Waals surface area (Å²) in [5.41, 5.74) is 6.39. The Morgan fingerprint density at radius 3 is 2.61 bits per heavy atom. The number of hydrogen-bond donors (Lipinski definition) is 2. The van der Waals surface area contributed by atoms with Gasteiger partial charge in [-0.05, 0) is 58.4 Å². The fourth-order valence-corrected chi connectivity index (χ4v) is 3.69. The molecule has 0 aliphatic heterocycles. The molecule has 4 nitrogen and oxygen atoms in total. The van der Waals surface area contributed by atoms with E-state index in [9.17, 15) is 4.79 Å². The van der Waals surface area contributed by atoms with Gasteiger partial charge in [0.1, 0.15) is 12.1 Å². The molecule has 0 radical (unpaired) electrons. The van der Waals surface area contributed by atoms with Crippen LogP contribution in [0.3, 0.4) is 0 Å². The standard InChI is InChI=1S/C22H36BNO3S/c1-20(2,21(3,4)28)27-23-15-9-13-18-12-8-14-22(18,24)19(25)26-16-17-10-6-5-7-11-17/h5-7,10-11,18,23,28H,8-9,12-16,24H2,1-4H3. The number of hydrogen-bond acceptors (Lipinski definition) is 5. The predicted octanol–water partition coefficient (Wildman–Crippen LogP) is 4.28. The summed E-state index contributed by atoms with van der Waals surface area (Å²) in [6, 6.07) is 9.74. The van der Waals surface area contributed by atoms with Crippen molar-refractivity contribution in [3.63, 3.8) is 0 Å². The first-order valence-corrected chi connectivity index (χ1v) is 10.9. The monoisotopic (exact) mass is 405 g/mol. The van der Waals surface area contributed by atoms with E-state index in [0.717, 1.165) is 37.6 Å². The topological polar surface area (TPSA) is 61.5 Å². The summed E-state index contributed by atoms with van der Waals surface area (Å²) in [7, 11) is 0.694. The van der Waals surface area contributed by atoms with E-state index in [0.29, 0.717) is 13.9 Å². The van der Waals surface area contributed by atoms with Crippen LogP contribution in [0, 0.1) is 5.92 Å². The molecule has 1 aliphatic carbocycles. The molecule has 0 amide bonds. The maximum atomic E-state index is 12.7. The zero-order chi connectivity index (χ0) is 20.8. The van der Waals surface area contributed by atoms with Gasteiger partial charge in [-0.3, -0.25) is 4.79 Å². The number of benzene rings is 1. The van der Waals surface area contributed by atoms with Crippen molar-refractivity contribution in [3.05, 3.63) is 35.9 Å². The van der Waals surface area contributed by atoms with Crippen LogP contribution in [0.25, 0.3) is 0 Å². The Hall–Kier alpha value is -0.975. The van der Waals surface area contributed by atoms with E-state index in [4.69, 9.17) is 15.1 Å². The number of nitrogens with two attached hydrogens (primary N) is 1. The van der Waals surface area contributed by atoms with Crippen LogP contribution in [-0.2, 0) is 20.8 Å². The Morgan fingerprint density at radius 2 is 1.96 bits per heavy atom. The van der Waals surface area contributed by atoms with Gasteiger partial charge in [0.15, 0.2) is 0 Å². The third kappa shape index (κ3) is 6.01. The second-order valence-electron chi connectivity index (χ2n) is 9.10. The van der Waals surface area contributed by atoms with Gasteiger partial charge in [0.25, 0.3) is 7.48 Å². The highest BCUT2D eigenvalue weighted by Gasteiger charge is 2.46. The highest BCUT2D eigenvalue weighted by Crippen LogP contribution is 2.38. The van der Waals surface area contributed by atoms with Crippen molar-refractivity contribution in [3.8, 4) is 0 Å². The number of carbonyl (C=O) groups is 1. The first kappa shape index (κ1) is 23.3. The maximum absolute atomic E-state index is 12.7. The molecule has 0 heterocycles. The molecule has 1 aliphatic rings. The van der Waals surface area contributed by atoms with Crippen molar-refractivity contribution in [2.45, 2.75) is 88.6 Å². The first-order chi connectivity index (χ1) is 13.1. The molecular weight excluding hydrogens is 369 g/mol. The average Bonchev–Trinajstić information content (AvgIpc) is 3.01. The minimum atomic E-state index is -0.845. The molecule has 1 saturated carbocycles. The maximum Gasteiger partial charge on any atom is 0.326 e. The average molecular weight is 405 g/mol. The van der Waals surface area contributed by atoms with Gasteiger partial charge in [-0.1, -0.05) is 49.5 Å². The highest BCUT2D eigenvalue weighted by atomic mass is 32.1. The largest absolute Gasteiger partial charge is 0.459 e. The third-order valence-electron chi connectivity index (χ3n) is 6.35. The molecular formula is C22H36BNO3S. The van der Waals surface area contributed by atoms with Crippen molar-refractivity contribution in [1.82, 2.24) is 0 Å². The van der Waals surface area contributed by atoms with Gasteiger partial charge in [0, 0.05) is 4.75 Å². The summed E-state index contributed by atoms with van der Waals surface area (Å²) in [4.78, 5) is 12.7. The Morgan fingerprint density at radius 1 is 1.29 bits per heavy atom. The second kappa shape index (κ2) is 9.68. The normalized spacial score (nSPS) is 22.9. The summed E-state index contributed by atoms with van der Waals surface area (Å²) in [6.45, 7) is 8.57. The van der Waals surface area contributed by atoms with Gasteiger partial charge in [-0.2, -0.15) is 12.6 Å². The van der Waals surface area contributed by atoms with E-state index in [1.54, 1.807) is 0 Å². The Balaban J connectivity index is 1.77. The molecule has 1 fully saturated rings. The van der Waals surface area contributed by atoms with Crippen LogP contribution in [0.15, 0.2) is 30.3 Å². The van der Waals surface area contributed by atoms with Gasteiger partial charge in [0.2, 0.25) is 0 Å². The number of ether oxygens (including phenoxy) is 1. The van der Waals surface area contributed by atoms with Crippen molar-refractivity contribution < 1.29 is 14.2 Å². The van der Waals surface area contributed by atoms with Crippen LogP contribution >= 0.6 is 12.6 Å². The van der Waals surface area contributed by atoms with Crippen LogP contribution in [0.2, 0.25) is 6.32 Å². The van der Waals surface area contributed by atoms with E-state index in [2.05, 4.69) is 40.3 Å². The van der Waals surface area contributed by atoms with E-state index >= 15 is 0 Å². The SMILES string of the molecule is CC(C)(S)C(C)(C)OBCCCC1CCCC1(N)C(=O)OCc1ccccc1. The van der Waals surface area contributed by atoms with Gasteiger partial charge < -0.3 is 15.1 Å². The summed E-state index contributed by atoms with van der Waals surface area (Å²) in [5.74, 6) is -0.0711. The number of esters is 1. The Kier molecular flexibility index (Phi) is 8.06. The summed E-state index contributed by atoms with van der Waals surface area (Å²) >= 11 is 4.63. The second-order valence-corrected chi connectivity index (χ2v) is 10.2. The Bertz CT molecular complexity index is 632. The minimum absolute atomic E-state index is 0.185. The molecule has 0 bridgehead atoms. The minimum Gasteiger partial charge on any atom is -0.459 e. The van der Waals surface area contributed by atoms with Crippen molar-refractivity contribution in [2.24, 2.45) is 11.7 Å². The van der Waals surface area contributed by atoms with Crippen LogP contribution in [0.1, 0.15) is 65.4 Å². The lowest BCUT2D eigenvalue weighted by Crippen LogP contribution is -2.52. The molecule has 0 spiro atoms. The first-order valence-electron chi connectivity index (χ1n) is 10.4. The number of rotatable bonds is 10. The third-order valence-corrected chi connectivity index (χ3v) is 6.89. The summed E-state index contributed by atoms with van der Waals surface area (Å²) < 4.78 is 11.4. The van der Waals surface area contributed by atoms with Crippen molar-refractivity contribution >= 4 is 26.1 Å². The van der Waals surface area contributed by atoms with Crippen LogP contribution in [0.4, 0.5) is 0 Å². The van der Waals surface area contributed by atoms with Gasteiger partial charge in [-0.25, -0.2) is 0 Å². The van der Waals surface area contributed by atoms with Gasteiger partial charge in [0.05, 0.1) is 5.60 Å². The number of carbonyl (C=O) groups excluding carboxylic acids is 1. The zero-order valence-electron chi connectivity index (χ0n) is 17.9. The molecule has 2 atom stereocenters. The van der Waals surface area contributed by atoms with Gasteiger partial charge in [-0.15, -0.1) is 0 Å². The predicted molar refractivity (Wildman–Crippen MR) is 120 cm³/mol. The fraction of sp³-hybridized carbons (Fsp3) is 0.682. The van der Waals surface area contributed by atoms with Crippen LogP contribution in [0.5, 0.6) is 0 Å². The molecule has 2 rings (SSSR count). The van der Waals surface area contributed by atoms with E-state index < -0.39 is 5.54 Å². The lowest BCUT2D eigenvalue weighted by atomic mass is 9.80. The summed E-state index contributed by atoms with van der Waals surface area (Å²) in [6.07, 6.45) is 5.58. The van der Waals surface area contributed by atoms with E-state index in [1.807, 2.05) is 30.3 Å². The Labute approximate surface area is 176 Å². The quantitative estimate of drug-likeness (QED) is 0.264. The van der Waals surface area contributed by atoms with Crippen molar-refractivity contribution in [2.75, 3.05) is 0 Å². The molecule has 1 aromatic rings. The smallest absolute Gasteiger partial charge is 0.326 e. The lowest BCUT2D eigenvalue weighted by molar-refractivity contribution is -0.153. The van der Waals surface area contributed by atoms with Crippen LogP contribution in [-0.4, -0.2) is 29.3 Å². The number of thiol groups is 1. The van der Waals surface area contributed by atoms with E-state index in [-0.39, 0.29) is 28.8 Å². The molecule has 6 heteroatoms. The molecule has 0 aromatic heterocycles. The van der Waals surface area contributed by atoms with Gasteiger partial charge >= 0.3 is 5.97 Å². The lowest BCUT2D eigenvalue weighted by Gasteiger charge is -2.38. The molecule has 28 heavy (non-hydrogen) atoms. The molecule has 156 valence electrons. The molecule has 1 aromatic carbocycles. The molecule has 0 saturated heterocycles. The van der Waals surface area contributed by atoms with Crippen LogP contribution < -0.4 is 5.73 Å². The fourth-order valence-electron chi connectivity index (χ4n) is 3.63. The molecule has 2 unspecified atom stereocenters. The van der Waals surface area contributed by atoms with E-state index in [1.165, 1.54) is 0 Å². The van der Waals surface area contributed by atoms with Crippen molar-refractivity contribution in [1.29, 1.82) is 0 Å².